The summed E-state index contributed by atoms with van der Waals surface area (Å²) in [5, 5.41) is 2.89. The van der Waals surface area contributed by atoms with Crippen molar-refractivity contribution in [2.24, 2.45) is 11.7 Å². The fraction of sp³-hybridized carbons (Fsp3) is 0.417. The van der Waals surface area contributed by atoms with Crippen LogP contribution < -0.4 is 11.1 Å². The largest absolute Gasteiger partial charge is 0.330 e. The average molecular weight is 364 g/mol. The second kappa shape index (κ2) is 7.13. The molecule has 1 rings (SSSR count). The number of nitrogens with one attached hydrogen (secondary N) is 1. The van der Waals surface area contributed by atoms with Crippen LogP contribution in [-0.4, -0.2) is 12.5 Å². The van der Waals surface area contributed by atoms with Gasteiger partial charge in [0.15, 0.2) is 0 Å². The zero-order chi connectivity index (χ0) is 12.8. The molecule has 0 fully saturated rings. The van der Waals surface area contributed by atoms with E-state index in [2.05, 4.69) is 37.2 Å². The van der Waals surface area contributed by atoms with Crippen LogP contribution >= 0.6 is 31.9 Å². The van der Waals surface area contributed by atoms with E-state index in [1.54, 1.807) is 0 Å². The van der Waals surface area contributed by atoms with Crippen molar-refractivity contribution < 1.29 is 4.79 Å². The summed E-state index contributed by atoms with van der Waals surface area (Å²) in [5.74, 6) is 0.242. The third-order valence-electron chi connectivity index (χ3n) is 2.61. The molecule has 0 bridgehead atoms. The number of hydrogen-bond acceptors (Lipinski definition) is 2. The number of halogens is 2. The van der Waals surface area contributed by atoms with Crippen molar-refractivity contribution >= 4 is 43.5 Å². The van der Waals surface area contributed by atoms with E-state index >= 15 is 0 Å². The quantitative estimate of drug-likeness (QED) is 0.840. The predicted molar refractivity (Wildman–Crippen MR) is 77.9 cm³/mol. The topological polar surface area (TPSA) is 55.1 Å². The first-order chi connectivity index (χ1) is 8.08. The van der Waals surface area contributed by atoms with Crippen molar-refractivity contribution in [2.45, 2.75) is 19.8 Å². The molecule has 0 radical (unpaired) electrons. The highest BCUT2D eigenvalue weighted by Gasteiger charge is 2.13. The molecule has 0 aliphatic carbocycles. The molecule has 1 unspecified atom stereocenters. The number of anilines is 1. The van der Waals surface area contributed by atoms with Gasteiger partial charge in [-0.3, -0.25) is 4.79 Å². The second-order valence-electron chi connectivity index (χ2n) is 3.86. The molecule has 1 aromatic rings. The van der Waals surface area contributed by atoms with Crippen LogP contribution in [0.4, 0.5) is 5.69 Å². The zero-order valence-corrected chi connectivity index (χ0v) is 12.8. The lowest BCUT2D eigenvalue weighted by Gasteiger charge is -2.13. The fourth-order valence-corrected chi connectivity index (χ4v) is 2.66. The van der Waals surface area contributed by atoms with E-state index in [9.17, 15) is 4.79 Å². The molecular weight excluding hydrogens is 348 g/mol. The molecule has 0 spiro atoms. The maximum atomic E-state index is 11.8. The maximum absolute atomic E-state index is 11.8. The van der Waals surface area contributed by atoms with E-state index in [1.165, 1.54) is 0 Å². The van der Waals surface area contributed by atoms with E-state index in [-0.39, 0.29) is 11.8 Å². The SMILES string of the molecule is CCC(CN)CC(=O)Nc1c(Br)cccc1Br. The van der Waals surface area contributed by atoms with Crippen molar-refractivity contribution in [3.63, 3.8) is 0 Å². The number of carbonyl (C=O) groups excluding carboxylic acids is 1. The maximum Gasteiger partial charge on any atom is 0.224 e. The number of benzene rings is 1. The van der Waals surface area contributed by atoms with Crippen molar-refractivity contribution in [3.8, 4) is 0 Å². The molecule has 0 aliphatic heterocycles. The lowest BCUT2D eigenvalue weighted by atomic mass is 10.0. The van der Waals surface area contributed by atoms with Gasteiger partial charge in [0, 0.05) is 15.4 Å². The highest BCUT2D eigenvalue weighted by Crippen LogP contribution is 2.30. The van der Waals surface area contributed by atoms with Crippen LogP contribution in [0.25, 0.3) is 0 Å². The molecule has 0 aliphatic rings. The summed E-state index contributed by atoms with van der Waals surface area (Å²) in [4.78, 5) is 11.8. The van der Waals surface area contributed by atoms with Gasteiger partial charge in [-0.25, -0.2) is 0 Å². The Morgan fingerprint density at radius 1 is 1.41 bits per heavy atom. The van der Waals surface area contributed by atoms with E-state index < -0.39 is 0 Å². The Balaban J connectivity index is 2.68. The Kier molecular flexibility index (Phi) is 6.16. The van der Waals surface area contributed by atoms with Crippen LogP contribution in [0.2, 0.25) is 0 Å². The third-order valence-corrected chi connectivity index (χ3v) is 3.93. The van der Waals surface area contributed by atoms with Gasteiger partial charge >= 0.3 is 0 Å². The van der Waals surface area contributed by atoms with Gasteiger partial charge in [-0.1, -0.05) is 19.4 Å². The Morgan fingerprint density at radius 3 is 2.47 bits per heavy atom. The van der Waals surface area contributed by atoms with Crippen molar-refractivity contribution in [2.75, 3.05) is 11.9 Å². The molecule has 5 heteroatoms. The Hall–Kier alpha value is -0.390. The lowest BCUT2D eigenvalue weighted by Crippen LogP contribution is -2.22. The second-order valence-corrected chi connectivity index (χ2v) is 5.57. The fourth-order valence-electron chi connectivity index (χ4n) is 1.46. The number of amides is 1. The molecule has 1 atom stereocenters. The first kappa shape index (κ1) is 14.7. The van der Waals surface area contributed by atoms with Gasteiger partial charge in [-0.2, -0.15) is 0 Å². The van der Waals surface area contributed by atoms with Gasteiger partial charge in [-0.05, 0) is 56.5 Å². The molecule has 1 amide bonds. The molecule has 0 saturated heterocycles. The molecule has 17 heavy (non-hydrogen) atoms. The third kappa shape index (κ3) is 4.41. The number of para-hydroxylation sites is 1. The highest BCUT2D eigenvalue weighted by atomic mass is 79.9. The van der Waals surface area contributed by atoms with Crippen molar-refractivity contribution in [3.05, 3.63) is 27.1 Å². The van der Waals surface area contributed by atoms with Crippen LogP contribution in [-0.2, 0) is 4.79 Å². The van der Waals surface area contributed by atoms with Crippen LogP contribution in [0.1, 0.15) is 19.8 Å². The molecule has 3 N–H and O–H groups in total. The summed E-state index contributed by atoms with van der Waals surface area (Å²) in [5.41, 5.74) is 6.35. The monoisotopic (exact) mass is 362 g/mol. The van der Waals surface area contributed by atoms with Crippen LogP contribution in [0.5, 0.6) is 0 Å². The molecule has 0 aromatic heterocycles. The van der Waals surface area contributed by atoms with E-state index in [0.717, 1.165) is 21.1 Å². The molecule has 0 saturated carbocycles. The molecule has 3 nitrogen and oxygen atoms in total. The highest BCUT2D eigenvalue weighted by molar-refractivity contribution is 9.11. The summed E-state index contributed by atoms with van der Waals surface area (Å²) in [7, 11) is 0. The number of nitrogens with two attached hydrogens (primary N) is 1. The summed E-state index contributed by atoms with van der Waals surface area (Å²) >= 11 is 6.81. The van der Waals surface area contributed by atoms with Crippen molar-refractivity contribution in [1.82, 2.24) is 0 Å². The minimum atomic E-state index is -0.00472. The minimum Gasteiger partial charge on any atom is -0.330 e. The number of rotatable bonds is 5. The van der Waals surface area contributed by atoms with Gasteiger partial charge in [0.25, 0.3) is 0 Å². The predicted octanol–water partition coefficient (Wildman–Crippen LogP) is 3.53. The summed E-state index contributed by atoms with van der Waals surface area (Å²) < 4.78 is 1.72. The normalized spacial score (nSPS) is 12.2. The van der Waals surface area contributed by atoms with E-state index in [4.69, 9.17) is 5.73 Å². The average Bonchev–Trinajstić information content (AvgIpc) is 2.31. The van der Waals surface area contributed by atoms with Crippen LogP contribution in [0, 0.1) is 5.92 Å². The lowest BCUT2D eigenvalue weighted by molar-refractivity contribution is -0.117. The minimum absolute atomic E-state index is 0.00472. The van der Waals surface area contributed by atoms with Crippen molar-refractivity contribution in [1.29, 1.82) is 0 Å². The number of carbonyl (C=O) groups is 1. The van der Waals surface area contributed by atoms with Gasteiger partial charge in [0.1, 0.15) is 0 Å². The summed E-state index contributed by atoms with van der Waals surface area (Å²) in [6.45, 7) is 2.58. The molecule has 1 aromatic carbocycles. The molecule has 94 valence electrons. The summed E-state index contributed by atoms with van der Waals surface area (Å²) in [6.07, 6.45) is 1.38. The number of hydrogen-bond donors (Lipinski definition) is 2. The van der Waals surface area contributed by atoms with E-state index in [0.29, 0.717) is 13.0 Å². The Morgan fingerprint density at radius 2 is 2.00 bits per heavy atom. The Bertz CT molecular complexity index is 372. The summed E-state index contributed by atoms with van der Waals surface area (Å²) in [6, 6.07) is 5.68. The first-order valence-electron chi connectivity index (χ1n) is 5.52. The standard InChI is InChI=1S/C12H16Br2N2O/c1-2-8(7-15)6-11(17)16-12-9(13)4-3-5-10(12)14/h3-5,8H,2,6-7,15H2,1H3,(H,16,17). The van der Waals surface area contributed by atoms with Crippen LogP contribution in [0.15, 0.2) is 27.1 Å². The van der Waals surface area contributed by atoms with Gasteiger partial charge in [0.05, 0.1) is 5.69 Å². The smallest absolute Gasteiger partial charge is 0.224 e. The zero-order valence-electron chi connectivity index (χ0n) is 9.67. The Labute approximate surface area is 118 Å². The molecular formula is C12H16Br2N2O. The van der Waals surface area contributed by atoms with E-state index in [1.807, 2.05) is 25.1 Å². The van der Waals surface area contributed by atoms with Crippen LogP contribution in [0.3, 0.4) is 0 Å². The van der Waals surface area contributed by atoms with Gasteiger partial charge in [0.2, 0.25) is 5.91 Å². The van der Waals surface area contributed by atoms with Gasteiger partial charge < -0.3 is 11.1 Å². The van der Waals surface area contributed by atoms with Gasteiger partial charge in [-0.15, -0.1) is 0 Å². The molecule has 0 heterocycles. The first-order valence-corrected chi connectivity index (χ1v) is 7.11.